The summed E-state index contributed by atoms with van der Waals surface area (Å²) in [6.45, 7) is 5.68. The lowest BCUT2D eigenvalue weighted by molar-refractivity contribution is -0.124. The predicted molar refractivity (Wildman–Crippen MR) is 122 cm³/mol. The van der Waals surface area contributed by atoms with Crippen molar-refractivity contribution in [1.82, 2.24) is 4.31 Å². The van der Waals surface area contributed by atoms with Crippen LogP contribution in [0.15, 0.2) is 41.3 Å². The zero-order valence-corrected chi connectivity index (χ0v) is 20.2. The molecule has 8 heteroatoms. The molecular weight excluding hydrogens is 430 g/mol. The molecule has 1 heterocycles. The number of nitrogens with zero attached hydrogens (tertiary/aromatic N) is 1. The molecule has 1 fully saturated rings. The molecule has 2 aromatic rings. The topological polar surface area (TPSA) is 82.1 Å². The number of carbonyl (C=O) groups excluding carboxylic acids is 1. The van der Waals surface area contributed by atoms with Crippen molar-refractivity contribution in [3.8, 4) is 17.2 Å². The van der Waals surface area contributed by atoms with Crippen molar-refractivity contribution in [1.29, 1.82) is 0 Å². The van der Waals surface area contributed by atoms with Gasteiger partial charge in [-0.1, -0.05) is 31.5 Å². The molecule has 0 saturated carbocycles. The number of rotatable bonds is 7. The van der Waals surface area contributed by atoms with Crippen LogP contribution >= 0.6 is 0 Å². The molecule has 1 aliphatic heterocycles. The predicted octanol–water partition coefficient (Wildman–Crippen LogP) is 4.00. The Morgan fingerprint density at radius 1 is 0.969 bits per heavy atom. The summed E-state index contributed by atoms with van der Waals surface area (Å²) in [4.78, 5) is 12.9. The lowest BCUT2D eigenvalue weighted by Gasteiger charge is -2.42. The number of piperidine rings is 1. The van der Waals surface area contributed by atoms with E-state index in [1.165, 1.54) is 25.6 Å². The van der Waals surface area contributed by atoms with Crippen LogP contribution in [0.2, 0.25) is 0 Å². The first kappa shape index (κ1) is 24.1. The summed E-state index contributed by atoms with van der Waals surface area (Å²) in [6.07, 6.45) is 0.278. The summed E-state index contributed by atoms with van der Waals surface area (Å²) in [7, 11) is 0.614. The molecule has 7 nitrogen and oxygen atoms in total. The number of methoxy groups -OCH3 is 3. The van der Waals surface area contributed by atoms with E-state index in [4.69, 9.17) is 14.2 Å². The maximum Gasteiger partial charge on any atom is 0.244 e. The Morgan fingerprint density at radius 3 is 2.00 bits per heavy atom. The maximum absolute atomic E-state index is 13.8. The number of carbonyl (C=O) groups is 1. The van der Waals surface area contributed by atoms with Gasteiger partial charge >= 0.3 is 0 Å². The molecule has 2 aromatic carbocycles. The van der Waals surface area contributed by atoms with Gasteiger partial charge < -0.3 is 14.2 Å². The highest BCUT2D eigenvalue weighted by molar-refractivity contribution is 7.89. The van der Waals surface area contributed by atoms with Crippen molar-refractivity contribution in [2.75, 3.05) is 27.9 Å². The van der Waals surface area contributed by atoms with Crippen molar-refractivity contribution >= 4 is 15.8 Å². The van der Waals surface area contributed by atoms with Crippen molar-refractivity contribution < 1.29 is 27.4 Å². The average Bonchev–Trinajstić information content (AvgIpc) is 2.77. The molecule has 1 saturated heterocycles. The first-order chi connectivity index (χ1) is 15.1. The van der Waals surface area contributed by atoms with Crippen LogP contribution in [0.5, 0.6) is 17.2 Å². The summed E-state index contributed by atoms with van der Waals surface area (Å²) < 4.78 is 45.5. The van der Waals surface area contributed by atoms with Gasteiger partial charge in [0.25, 0.3) is 0 Å². The van der Waals surface area contributed by atoms with Crippen LogP contribution in [0.4, 0.5) is 0 Å². The molecule has 0 bridgehead atoms. The van der Waals surface area contributed by atoms with Crippen molar-refractivity contribution in [3.63, 3.8) is 0 Å². The number of Topliss-reactive ketones (excluding diaryl/α,β-unsaturated/α-hetero) is 1. The number of aryl methyl sites for hydroxylation is 1. The Hall–Kier alpha value is -2.58. The monoisotopic (exact) mass is 461 g/mol. The average molecular weight is 462 g/mol. The standard InChI is InChI=1S/C24H31NO6S/c1-15(2)20-11-17(26)14-25(32(27,28)19-9-7-16(3)8-10-19)24(20)23-21(30-5)12-18(29-4)13-22(23)31-6/h7-10,12-13,15,20,24H,11,14H2,1-6H3/t20-,24+/m1/s1. The van der Waals surface area contributed by atoms with Crippen molar-refractivity contribution in [3.05, 3.63) is 47.5 Å². The summed E-state index contributed by atoms with van der Waals surface area (Å²) in [5.74, 6) is 1.11. The van der Waals surface area contributed by atoms with Crippen LogP contribution in [0.25, 0.3) is 0 Å². The van der Waals surface area contributed by atoms with Crippen LogP contribution in [-0.2, 0) is 14.8 Å². The van der Waals surface area contributed by atoms with E-state index in [0.29, 0.717) is 22.8 Å². The number of ketones is 1. The minimum absolute atomic E-state index is 0.0384. The second kappa shape index (κ2) is 9.50. The van der Waals surface area contributed by atoms with E-state index in [9.17, 15) is 13.2 Å². The molecular formula is C24H31NO6S. The molecule has 32 heavy (non-hydrogen) atoms. The summed E-state index contributed by atoms with van der Waals surface area (Å²) in [5.41, 5.74) is 1.55. The van der Waals surface area contributed by atoms with Crippen LogP contribution in [-0.4, -0.2) is 46.4 Å². The minimum atomic E-state index is -3.97. The molecule has 174 valence electrons. The van der Waals surface area contributed by atoms with Gasteiger partial charge in [-0.25, -0.2) is 8.42 Å². The number of ether oxygens (including phenoxy) is 3. The second-order valence-corrected chi connectivity index (χ2v) is 10.3. The van der Waals surface area contributed by atoms with Gasteiger partial charge in [0.15, 0.2) is 0 Å². The molecule has 0 radical (unpaired) electrons. The van der Waals surface area contributed by atoms with Gasteiger partial charge in [-0.3, -0.25) is 4.79 Å². The van der Waals surface area contributed by atoms with Crippen LogP contribution < -0.4 is 14.2 Å². The molecule has 0 spiro atoms. The number of benzene rings is 2. The highest BCUT2D eigenvalue weighted by Crippen LogP contribution is 2.49. The smallest absolute Gasteiger partial charge is 0.244 e. The summed E-state index contributed by atoms with van der Waals surface area (Å²) >= 11 is 0. The minimum Gasteiger partial charge on any atom is -0.496 e. The molecule has 0 amide bonds. The molecule has 0 aliphatic carbocycles. The van der Waals surface area contributed by atoms with Gasteiger partial charge in [0.1, 0.15) is 23.0 Å². The number of sulfonamides is 1. The van der Waals surface area contributed by atoms with E-state index < -0.39 is 16.1 Å². The molecule has 0 aromatic heterocycles. The Labute approximate surface area is 190 Å². The van der Waals surface area contributed by atoms with Gasteiger partial charge in [0.2, 0.25) is 10.0 Å². The van der Waals surface area contributed by atoms with Crippen molar-refractivity contribution in [2.24, 2.45) is 11.8 Å². The molecule has 0 N–H and O–H groups in total. The van der Waals surface area contributed by atoms with E-state index in [2.05, 4.69) is 0 Å². The van der Waals surface area contributed by atoms with Gasteiger partial charge in [-0.05, 0) is 30.9 Å². The fourth-order valence-electron chi connectivity index (χ4n) is 4.29. The first-order valence-corrected chi connectivity index (χ1v) is 12.0. The van der Waals surface area contributed by atoms with E-state index in [0.717, 1.165) is 5.56 Å². The van der Waals surface area contributed by atoms with Crippen LogP contribution in [0, 0.1) is 18.8 Å². The normalized spacial score (nSPS) is 19.8. The Bertz CT molecular complexity index is 1050. The van der Waals surface area contributed by atoms with E-state index in [-0.39, 0.29) is 35.5 Å². The fourth-order valence-corrected chi connectivity index (χ4v) is 5.91. The summed E-state index contributed by atoms with van der Waals surface area (Å²) in [6, 6.07) is 9.44. The van der Waals surface area contributed by atoms with E-state index in [1.54, 1.807) is 36.4 Å². The fraction of sp³-hybridized carbons (Fsp3) is 0.458. The first-order valence-electron chi connectivity index (χ1n) is 10.5. The second-order valence-electron chi connectivity index (χ2n) is 8.40. The van der Waals surface area contributed by atoms with Crippen molar-refractivity contribution in [2.45, 2.75) is 38.1 Å². The zero-order valence-electron chi connectivity index (χ0n) is 19.4. The van der Waals surface area contributed by atoms with E-state index >= 15 is 0 Å². The quantitative estimate of drug-likeness (QED) is 0.620. The lowest BCUT2D eigenvalue weighted by atomic mass is 9.78. The van der Waals surface area contributed by atoms with Gasteiger partial charge in [0.05, 0.1) is 44.4 Å². The Kier molecular flexibility index (Phi) is 7.15. The van der Waals surface area contributed by atoms with E-state index in [1.807, 2.05) is 20.8 Å². The van der Waals surface area contributed by atoms with Crippen LogP contribution in [0.1, 0.15) is 37.4 Å². The maximum atomic E-state index is 13.8. The third kappa shape index (κ3) is 4.47. The number of hydrogen-bond acceptors (Lipinski definition) is 6. The molecule has 0 unspecified atom stereocenters. The number of hydrogen-bond donors (Lipinski definition) is 0. The SMILES string of the molecule is COc1cc(OC)c([C@@H]2[C@@H](C(C)C)CC(=O)CN2S(=O)(=O)c2ccc(C)cc2)c(OC)c1. The Balaban J connectivity index is 2.27. The highest BCUT2D eigenvalue weighted by atomic mass is 32.2. The van der Waals surface area contributed by atoms with Gasteiger partial charge in [0, 0.05) is 18.6 Å². The molecule has 2 atom stereocenters. The Morgan fingerprint density at radius 2 is 1.53 bits per heavy atom. The molecule has 1 aliphatic rings. The lowest BCUT2D eigenvalue weighted by Crippen LogP contribution is -2.48. The zero-order chi connectivity index (χ0) is 23.6. The van der Waals surface area contributed by atoms with Gasteiger partial charge in [-0.2, -0.15) is 4.31 Å². The highest BCUT2D eigenvalue weighted by Gasteiger charge is 2.46. The largest absolute Gasteiger partial charge is 0.496 e. The summed E-state index contributed by atoms with van der Waals surface area (Å²) in [5, 5.41) is 0. The van der Waals surface area contributed by atoms with Gasteiger partial charge in [-0.15, -0.1) is 0 Å². The third-order valence-electron chi connectivity index (χ3n) is 6.04. The third-order valence-corrected chi connectivity index (χ3v) is 7.89. The molecule has 3 rings (SSSR count). The van der Waals surface area contributed by atoms with Crippen LogP contribution in [0.3, 0.4) is 0 Å².